The van der Waals surface area contributed by atoms with Gasteiger partial charge in [0.15, 0.2) is 5.78 Å². The Morgan fingerprint density at radius 2 is 1.57 bits per heavy atom. The van der Waals surface area contributed by atoms with Crippen molar-refractivity contribution in [2.24, 2.45) is 0 Å². The van der Waals surface area contributed by atoms with Crippen LogP contribution in [0.15, 0.2) is 79.1 Å². The van der Waals surface area contributed by atoms with Crippen LogP contribution in [0.3, 0.4) is 0 Å². The van der Waals surface area contributed by atoms with Crippen molar-refractivity contribution in [3.05, 3.63) is 102 Å². The summed E-state index contributed by atoms with van der Waals surface area (Å²) in [6.45, 7) is 3.78. The zero-order chi connectivity index (χ0) is 19.5. The van der Waals surface area contributed by atoms with Crippen LogP contribution in [0.1, 0.15) is 27.3 Å². The smallest absolute Gasteiger partial charge is 0.189 e. The van der Waals surface area contributed by atoms with Crippen LogP contribution in [-0.2, 0) is 0 Å². The number of rotatable bonds is 5. The lowest BCUT2D eigenvalue weighted by molar-refractivity contribution is 0.104. The lowest BCUT2D eigenvalue weighted by atomic mass is 10.1. The maximum Gasteiger partial charge on any atom is 0.189 e. The lowest BCUT2D eigenvalue weighted by Crippen LogP contribution is -2.01. The van der Waals surface area contributed by atoms with Crippen molar-refractivity contribution in [2.45, 2.75) is 13.8 Å². The summed E-state index contributed by atoms with van der Waals surface area (Å²) in [6, 6.07) is 19.7. The van der Waals surface area contributed by atoms with E-state index in [-0.39, 0.29) is 5.78 Å². The molecule has 0 unspecified atom stereocenters. The number of aromatic nitrogens is 4. The molecule has 0 fully saturated rings. The molecule has 5 heteroatoms. The van der Waals surface area contributed by atoms with Gasteiger partial charge in [-0.2, -0.15) is 10.2 Å². The second-order valence-electron chi connectivity index (χ2n) is 6.54. The van der Waals surface area contributed by atoms with Crippen molar-refractivity contribution in [3.8, 4) is 11.4 Å². The predicted molar refractivity (Wildman–Crippen MR) is 110 cm³/mol. The zero-order valence-corrected chi connectivity index (χ0v) is 15.8. The minimum Gasteiger partial charge on any atom is -0.289 e. The topological polar surface area (TPSA) is 52.7 Å². The van der Waals surface area contributed by atoms with Crippen molar-refractivity contribution in [1.82, 2.24) is 19.6 Å². The minimum atomic E-state index is -0.0651. The molecule has 2 aromatic carbocycles. The molecule has 28 heavy (non-hydrogen) atoms. The maximum atomic E-state index is 12.8. The maximum absolute atomic E-state index is 12.8. The molecule has 4 aromatic rings. The molecule has 5 nitrogen and oxygen atoms in total. The SMILES string of the molecule is Cc1nn(-c2ccccc2)c(C)c1C(=O)C=Cc1cnn(-c2ccccc2)c1. The summed E-state index contributed by atoms with van der Waals surface area (Å²) in [4.78, 5) is 12.8. The molecule has 0 aliphatic carbocycles. The van der Waals surface area contributed by atoms with Gasteiger partial charge in [0.1, 0.15) is 0 Å². The van der Waals surface area contributed by atoms with E-state index in [1.54, 1.807) is 23.0 Å². The molecule has 0 N–H and O–H groups in total. The van der Waals surface area contributed by atoms with Gasteiger partial charge in [0.05, 0.1) is 34.5 Å². The molecule has 0 saturated carbocycles. The van der Waals surface area contributed by atoms with Gasteiger partial charge >= 0.3 is 0 Å². The molecule has 2 aromatic heterocycles. The third-order valence-electron chi connectivity index (χ3n) is 4.59. The second kappa shape index (κ2) is 7.48. The van der Waals surface area contributed by atoms with Gasteiger partial charge in [0, 0.05) is 11.8 Å². The first-order valence-electron chi connectivity index (χ1n) is 9.07. The third kappa shape index (κ3) is 3.42. The van der Waals surface area contributed by atoms with Crippen LogP contribution in [0.4, 0.5) is 0 Å². The molecule has 0 aliphatic rings. The monoisotopic (exact) mass is 368 g/mol. The number of benzene rings is 2. The second-order valence-corrected chi connectivity index (χ2v) is 6.54. The van der Waals surface area contributed by atoms with Gasteiger partial charge in [-0.05, 0) is 50.3 Å². The van der Waals surface area contributed by atoms with Crippen LogP contribution in [0.2, 0.25) is 0 Å². The van der Waals surface area contributed by atoms with Gasteiger partial charge in [0.2, 0.25) is 0 Å². The number of carbonyl (C=O) groups excluding carboxylic acids is 1. The van der Waals surface area contributed by atoms with Crippen LogP contribution in [-0.4, -0.2) is 25.3 Å². The van der Waals surface area contributed by atoms with Gasteiger partial charge in [-0.3, -0.25) is 4.79 Å². The van der Waals surface area contributed by atoms with Gasteiger partial charge < -0.3 is 0 Å². The van der Waals surface area contributed by atoms with Crippen LogP contribution in [0.25, 0.3) is 17.5 Å². The van der Waals surface area contributed by atoms with Gasteiger partial charge in [-0.25, -0.2) is 9.36 Å². The molecule has 138 valence electrons. The Bertz CT molecular complexity index is 1140. The van der Waals surface area contributed by atoms with E-state index in [2.05, 4.69) is 10.2 Å². The number of para-hydroxylation sites is 2. The summed E-state index contributed by atoms with van der Waals surface area (Å²) in [7, 11) is 0. The van der Waals surface area contributed by atoms with Crippen LogP contribution in [0.5, 0.6) is 0 Å². The summed E-state index contributed by atoms with van der Waals surface area (Å²) in [5, 5.41) is 8.90. The minimum absolute atomic E-state index is 0.0651. The largest absolute Gasteiger partial charge is 0.289 e. The summed E-state index contributed by atoms with van der Waals surface area (Å²) in [5.41, 5.74) is 4.97. The normalized spacial score (nSPS) is 11.2. The van der Waals surface area contributed by atoms with Gasteiger partial charge in [0.25, 0.3) is 0 Å². The molecule has 2 heterocycles. The highest BCUT2D eigenvalue weighted by molar-refractivity contribution is 6.08. The van der Waals surface area contributed by atoms with E-state index in [1.807, 2.05) is 85.4 Å². The summed E-state index contributed by atoms with van der Waals surface area (Å²) < 4.78 is 3.60. The van der Waals surface area contributed by atoms with E-state index in [0.29, 0.717) is 5.56 Å². The van der Waals surface area contributed by atoms with Crippen molar-refractivity contribution in [3.63, 3.8) is 0 Å². The van der Waals surface area contributed by atoms with E-state index in [9.17, 15) is 4.79 Å². The van der Waals surface area contributed by atoms with Crippen LogP contribution in [0, 0.1) is 13.8 Å². The molecular formula is C23H20N4O. The Balaban J connectivity index is 1.58. The number of hydrogen-bond donors (Lipinski definition) is 0. The highest BCUT2D eigenvalue weighted by atomic mass is 16.1. The predicted octanol–water partition coefficient (Wildman–Crippen LogP) is 4.57. The van der Waals surface area contributed by atoms with Crippen molar-refractivity contribution in [1.29, 1.82) is 0 Å². The van der Waals surface area contributed by atoms with Crippen LogP contribution < -0.4 is 0 Å². The number of hydrogen-bond acceptors (Lipinski definition) is 3. The van der Waals surface area contributed by atoms with Gasteiger partial charge in [-0.1, -0.05) is 36.4 Å². The first-order chi connectivity index (χ1) is 13.6. The fraction of sp³-hybridized carbons (Fsp3) is 0.0870. The fourth-order valence-electron chi connectivity index (χ4n) is 3.22. The highest BCUT2D eigenvalue weighted by Gasteiger charge is 2.17. The molecule has 0 radical (unpaired) electrons. The quantitative estimate of drug-likeness (QED) is 0.383. The molecular weight excluding hydrogens is 348 g/mol. The average molecular weight is 368 g/mol. The van der Waals surface area contributed by atoms with Crippen LogP contribution >= 0.6 is 0 Å². The molecule has 0 atom stereocenters. The number of nitrogens with zero attached hydrogens (tertiary/aromatic N) is 4. The Labute approximate surface area is 163 Å². The fourth-order valence-corrected chi connectivity index (χ4v) is 3.22. The Kier molecular flexibility index (Phi) is 4.72. The van der Waals surface area contributed by atoms with Crippen molar-refractivity contribution < 1.29 is 4.79 Å². The molecule has 0 amide bonds. The lowest BCUT2D eigenvalue weighted by Gasteiger charge is -2.03. The van der Waals surface area contributed by atoms with Crippen molar-refractivity contribution in [2.75, 3.05) is 0 Å². The number of carbonyl (C=O) groups is 1. The number of allylic oxidation sites excluding steroid dienone is 1. The molecule has 4 rings (SSSR count). The first-order valence-corrected chi connectivity index (χ1v) is 9.07. The number of aryl methyl sites for hydroxylation is 1. The Hall–Kier alpha value is -3.73. The Morgan fingerprint density at radius 3 is 2.25 bits per heavy atom. The average Bonchev–Trinajstić information content (AvgIpc) is 3.32. The standard InChI is InChI=1S/C23H20N4O/c1-17-23(18(2)27(25-17)21-11-7-4-8-12-21)22(28)14-13-19-15-24-26(16-19)20-9-5-3-6-10-20/h3-16H,1-2H3. The van der Waals surface area contributed by atoms with Gasteiger partial charge in [-0.15, -0.1) is 0 Å². The number of ketones is 1. The summed E-state index contributed by atoms with van der Waals surface area (Å²) in [6.07, 6.45) is 7.00. The molecule has 0 saturated heterocycles. The first kappa shape index (κ1) is 17.7. The van der Waals surface area contributed by atoms with E-state index in [4.69, 9.17) is 0 Å². The molecule has 0 aliphatic heterocycles. The Morgan fingerprint density at radius 1 is 0.929 bits per heavy atom. The highest BCUT2D eigenvalue weighted by Crippen LogP contribution is 2.19. The third-order valence-corrected chi connectivity index (χ3v) is 4.59. The van der Waals surface area contributed by atoms with E-state index in [1.165, 1.54) is 0 Å². The van der Waals surface area contributed by atoms with Crippen molar-refractivity contribution >= 4 is 11.9 Å². The van der Waals surface area contributed by atoms with E-state index in [0.717, 1.165) is 28.3 Å². The summed E-state index contributed by atoms with van der Waals surface area (Å²) in [5.74, 6) is -0.0651. The van der Waals surface area contributed by atoms with E-state index < -0.39 is 0 Å². The molecule has 0 spiro atoms. The summed E-state index contributed by atoms with van der Waals surface area (Å²) >= 11 is 0. The zero-order valence-electron chi connectivity index (χ0n) is 15.8. The van der Waals surface area contributed by atoms with E-state index >= 15 is 0 Å². The molecule has 0 bridgehead atoms.